The molecule has 5 heteroatoms. The van der Waals surface area contributed by atoms with Gasteiger partial charge in [-0.1, -0.05) is 6.07 Å². The van der Waals surface area contributed by atoms with Crippen LogP contribution in [0.15, 0.2) is 18.3 Å². The monoisotopic (exact) mass is 249 g/mol. The highest BCUT2D eigenvalue weighted by atomic mass is 16.4. The molecule has 0 radical (unpaired) electrons. The van der Waals surface area contributed by atoms with Gasteiger partial charge in [-0.05, 0) is 18.6 Å². The van der Waals surface area contributed by atoms with Gasteiger partial charge < -0.3 is 10.0 Å². The Morgan fingerprint density at radius 2 is 2.06 bits per heavy atom. The first-order valence-electron chi connectivity index (χ1n) is 6.27. The van der Waals surface area contributed by atoms with E-state index in [1.807, 2.05) is 13.1 Å². The topological polar surface area (TPSA) is 56.7 Å². The van der Waals surface area contributed by atoms with E-state index in [1.165, 1.54) is 10.5 Å². The molecule has 0 saturated carbocycles. The SMILES string of the molecule is Cc1ccc(CCN2CCN(C(=O)O)CC2)nc1. The molecule has 0 atom stereocenters. The summed E-state index contributed by atoms with van der Waals surface area (Å²) in [5, 5.41) is 8.86. The first-order valence-corrected chi connectivity index (χ1v) is 6.27. The maximum atomic E-state index is 10.8. The molecule has 1 aromatic heterocycles. The number of hydrogen-bond acceptors (Lipinski definition) is 3. The van der Waals surface area contributed by atoms with Crippen LogP contribution >= 0.6 is 0 Å². The highest BCUT2D eigenvalue weighted by Gasteiger charge is 2.19. The summed E-state index contributed by atoms with van der Waals surface area (Å²) in [5.74, 6) is 0. The molecule has 0 bridgehead atoms. The van der Waals surface area contributed by atoms with Crippen LogP contribution in [0.4, 0.5) is 4.79 Å². The lowest BCUT2D eigenvalue weighted by molar-refractivity contribution is 0.106. The summed E-state index contributed by atoms with van der Waals surface area (Å²) < 4.78 is 0. The smallest absolute Gasteiger partial charge is 0.407 e. The molecule has 0 unspecified atom stereocenters. The normalized spacial score (nSPS) is 16.8. The van der Waals surface area contributed by atoms with Crippen LogP contribution < -0.4 is 0 Å². The highest BCUT2D eigenvalue weighted by Crippen LogP contribution is 2.05. The number of hydrogen-bond donors (Lipinski definition) is 1. The van der Waals surface area contributed by atoms with E-state index in [-0.39, 0.29) is 0 Å². The van der Waals surface area contributed by atoms with Crippen LogP contribution in [0.2, 0.25) is 0 Å². The van der Waals surface area contributed by atoms with Crippen LogP contribution in [-0.4, -0.2) is 58.7 Å². The molecule has 98 valence electrons. The molecule has 1 N–H and O–H groups in total. The molecule has 0 aromatic carbocycles. The molecule has 5 nitrogen and oxygen atoms in total. The number of aryl methyl sites for hydroxylation is 1. The summed E-state index contributed by atoms with van der Waals surface area (Å²) in [6.07, 6.45) is 2.00. The number of piperazine rings is 1. The minimum Gasteiger partial charge on any atom is -0.465 e. The summed E-state index contributed by atoms with van der Waals surface area (Å²) in [7, 11) is 0. The Morgan fingerprint density at radius 1 is 1.33 bits per heavy atom. The molecule has 2 rings (SSSR count). The average Bonchev–Trinajstić information content (AvgIpc) is 2.38. The molecule has 1 aliphatic heterocycles. The molecule has 1 aliphatic rings. The highest BCUT2D eigenvalue weighted by molar-refractivity contribution is 5.65. The van der Waals surface area contributed by atoms with Crippen LogP contribution in [0.5, 0.6) is 0 Å². The van der Waals surface area contributed by atoms with Gasteiger partial charge in [0, 0.05) is 51.0 Å². The molecule has 2 heterocycles. The number of nitrogens with zero attached hydrogens (tertiary/aromatic N) is 3. The van der Waals surface area contributed by atoms with Gasteiger partial charge in [0.1, 0.15) is 0 Å². The number of rotatable bonds is 3. The van der Waals surface area contributed by atoms with E-state index in [0.29, 0.717) is 13.1 Å². The van der Waals surface area contributed by atoms with Crippen LogP contribution in [0.25, 0.3) is 0 Å². The Morgan fingerprint density at radius 3 is 2.61 bits per heavy atom. The number of carbonyl (C=O) groups is 1. The van der Waals surface area contributed by atoms with E-state index in [0.717, 1.165) is 31.7 Å². The van der Waals surface area contributed by atoms with E-state index in [9.17, 15) is 4.79 Å². The molecule has 1 fully saturated rings. The summed E-state index contributed by atoms with van der Waals surface area (Å²) >= 11 is 0. The second kappa shape index (κ2) is 5.82. The third-order valence-corrected chi connectivity index (χ3v) is 3.30. The Labute approximate surface area is 107 Å². The average molecular weight is 249 g/mol. The Kier molecular flexibility index (Phi) is 4.15. The third kappa shape index (κ3) is 3.43. The minimum absolute atomic E-state index is 0.608. The lowest BCUT2D eigenvalue weighted by Gasteiger charge is -2.32. The largest absolute Gasteiger partial charge is 0.465 e. The van der Waals surface area contributed by atoms with E-state index >= 15 is 0 Å². The van der Waals surface area contributed by atoms with E-state index < -0.39 is 6.09 Å². The summed E-state index contributed by atoms with van der Waals surface area (Å²) in [5.41, 5.74) is 2.27. The van der Waals surface area contributed by atoms with Gasteiger partial charge in [0.05, 0.1) is 0 Å². The standard InChI is InChI=1S/C13H19N3O2/c1-11-2-3-12(14-10-11)4-5-15-6-8-16(9-7-15)13(17)18/h2-3,10H,4-9H2,1H3,(H,17,18). The number of pyridine rings is 1. The van der Waals surface area contributed by atoms with E-state index in [4.69, 9.17) is 5.11 Å². The minimum atomic E-state index is -0.810. The van der Waals surface area contributed by atoms with Crippen LogP contribution in [0.3, 0.4) is 0 Å². The predicted octanol–water partition coefficient (Wildman–Crippen LogP) is 1.23. The molecular weight excluding hydrogens is 230 g/mol. The van der Waals surface area contributed by atoms with Gasteiger partial charge in [-0.15, -0.1) is 0 Å². The number of aromatic nitrogens is 1. The summed E-state index contributed by atoms with van der Waals surface area (Å²) in [4.78, 5) is 18.9. The Balaban J connectivity index is 1.75. The van der Waals surface area contributed by atoms with Crippen molar-refractivity contribution in [1.29, 1.82) is 0 Å². The lowest BCUT2D eigenvalue weighted by Crippen LogP contribution is -2.48. The second-order valence-electron chi connectivity index (χ2n) is 4.69. The molecule has 1 amide bonds. The molecule has 0 spiro atoms. The fourth-order valence-corrected chi connectivity index (χ4v) is 2.08. The fourth-order valence-electron chi connectivity index (χ4n) is 2.08. The van der Waals surface area contributed by atoms with Gasteiger partial charge in [-0.2, -0.15) is 0 Å². The Bertz CT molecular complexity index is 397. The number of amides is 1. The fraction of sp³-hybridized carbons (Fsp3) is 0.538. The third-order valence-electron chi connectivity index (χ3n) is 3.30. The first kappa shape index (κ1) is 12.8. The van der Waals surface area contributed by atoms with Crippen molar-refractivity contribution in [3.63, 3.8) is 0 Å². The quantitative estimate of drug-likeness (QED) is 0.875. The van der Waals surface area contributed by atoms with Crippen molar-refractivity contribution < 1.29 is 9.90 Å². The van der Waals surface area contributed by atoms with Gasteiger partial charge in [0.2, 0.25) is 0 Å². The van der Waals surface area contributed by atoms with Gasteiger partial charge in [0.25, 0.3) is 0 Å². The van der Waals surface area contributed by atoms with Crippen LogP contribution in [0, 0.1) is 6.92 Å². The number of carboxylic acid groups (broad SMARTS) is 1. The second-order valence-corrected chi connectivity index (χ2v) is 4.69. The van der Waals surface area contributed by atoms with Gasteiger partial charge >= 0.3 is 6.09 Å². The Hall–Kier alpha value is -1.62. The van der Waals surface area contributed by atoms with Crippen molar-refractivity contribution >= 4 is 6.09 Å². The summed E-state index contributed by atoms with van der Waals surface area (Å²) in [6.45, 7) is 5.83. The predicted molar refractivity (Wildman–Crippen MR) is 68.7 cm³/mol. The first-order chi connectivity index (χ1) is 8.65. The lowest BCUT2D eigenvalue weighted by atomic mass is 10.2. The zero-order valence-corrected chi connectivity index (χ0v) is 10.7. The van der Waals surface area contributed by atoms with Crippen molar-refractivity contribution in [3.05, 3.63) is 29.6 Å². The molecule has 1 saturated heterocycles. The van der Waals surface area contributed by atoms with Crippen LogP contribution in [0.1, 0.15) is 11.3 Å². The van der Waals surface area contributed by atoms with Gasteiger partial charge in [-0.3, -0.25) is 9.88 Å². The van der Waals surface area contributed by atoms with Gasteiger partial charge in [-0.25, -0.2) is 4.79 Å². The van der Waals surface area contributed by atoms with Gasteiger partial charge in [0.15, 0.2) is 0 Å². The van der Waals surface area contributed by atoms with Crippen LogP contribution in [-0.2, 0) is 6.42 Å². The van der Waals surface area contributed by atoms with Crippen molar-refractivity contribution in [1.82, 2.24) is 14.8 Å². The van der Waals surface area contributed by atoms with Crippen molar-refractivity contribution in [3.8, 4) is 0 Å². The maximum absolute atomic E-state index is 10.8. The van der Waals surface area contributed by atoms with E-state index in [2.05, 4.69) is 22.0 Å². The van der Waals surface area contributed by atoms with Crippen molar-refractivity contribution in [2.75, 3.05) is 32.7 Å². The zero-order chi connectivity index (χ0) is 13.0. The zero-order valence-electron chi connectivity index (χ0n) is 10.7. The van der Waals surface area contributed by atoms with E-state index in [1.54, 1.807) is 0 Å². The molecule has 18 heavy (non-hydrogen) atoms. The van der Waals surface area contributed by atoms with Crippen molar-refractivity contribution in [2.45, 2.75) is 13.3 Å². The summed E-state index contributed by atoms with van der Waals surface area (Å²) in [6, 6.07) is 4.13. The molecular formula is C13H19N3O2. The maximum Gasteiger partial charge on any atom is 0.407 e. The molecule has 1 aromatic rings. The van der Waals surface area contributed by atoms with Crippen molar-refractivity contribution in [2.24, 2.45) is 0 Å². The molecule has 0 aliphatic carbocycles.